The molecule has 0 aromatic carbocycles. The van der Waals surface area contributed by atoms with Gasteiger partial charge in [0.15, 0.2) is 5.15 Å². The Labute approximate surface area is 145 Å². The predicted octanol–water partition coefficient (Wildman–Crippen LogP) is 2.21. The Bertz CT molecular complexity index is 725. The summed E-state index contributed by atoms with van der Waals surface area (Å²) in [6.45, 7) is 2.76. The first-order chi connectivity index (χ1) is 11.7. The Balaban J connectivity index is 2.13. The van der Waals surface area contributed by atoms with Gasteiger partial charge in [0.2, 0.25) is 5.91 Å². The number of nitrogens with two attached hydrogens (primary N) is 1. The lowest BCUT2D eigenvalue weighted by atomic mass is 10.3. The number of nitrogens with zero attached hydrogens (tertiary/aromatic N) is 5. The number of halogens is 1. The zero-order chi connectivity index (χ0) is 17.4. The summed E-state index contributed by atoms with van der Waals surface area (Å²) in [7, 11) is 0. The van der Waals surface area contributed by atoms with Crippen LogP contribution in [0.25, 0.3) is 5.69 Å². The molecule has 0 unspecified atom stereocenters. The van der Waals surface area contributed by atoms with Gasteiger partial charge in [-0.25, -0.2) is 4.68 Å². The minimum Gasteiger partial charge on any atom is -0.405 e. The molecule has 0 aliphatic carbocycles. The third-order valence-electron chi connectivity index (χ3n) is 3.23. The zero-order valence-corrected chi connectivity index (χ0v) is 14.1. The Morgan fingerprint density at radius 1 is 1.54 bits per heavy atom. The summed E-state index contributed by atoms with van der Waals surface area (Å²) in [6.07, 6.45) is 9.91. The number of allylic oxidation sites excluding steroid dienone is 1. The van der Waals surface area contributed by atoms with E-state index in [-0.39, 0.29) is 17.5 Å². The number of amides is 1. The van der Waals surface area contributed by atoms with Crippen LogP contribution in [0.2, 0.25) is 5.15 Å². The van der Waals surface area contributed by atoms with Crippen molar-refractivity contribution < 1.29 is 4.79 Å². The molecule has 8 heteroatoms. The molecule has 0 aliphatic rings. The average Bonchev–Trinajstić information content (AvgIpc) is 2.98. The van der Waals surface area contributed by atoms with Crippen LogP contribution in [0.15, 0.2) is 48.0 Å². The Hall–Kier alpha value is -2.67. The molecule has 2 heterocycles. The second-order valence-electron chi connectivity index (χ2n) is 4.79. The SMILES string of the molecule is CCN(C(=O)CCN=CC=CN)c1cn(-c2cccnc2)nc1Cl. The van der Waals surface area contributed by atoms with Crippen molar-refractivity contribution in [2.45, 2.75) is 13.3 Å². The van der Waals surface area contributed by atoms with Crippen LogP contribution in [0, 0.1) is 0 Å². The van der Waals surface area contributed by atoms with Crippen LogP contribution in [0.5, 0.6) is 0 Å². The van der Waals surface area contributed by atoms with E-state index in [1.807, 2.05) is 13.0 Å². The quantitative estimate of drug-likeness (QED) is 0.778. The maximum Gasteiger partial charge on any atom is 0.228 e. The van der Waals surface area contributed by atoms with E-state index in [1.54, 1.807) is 46.5 Å². The van der Waals surface area contributed by atoms with Crippen LogP contribution in [0.1, 0.15) is 13.3 Å². The Morgan fingerprint density at radius 3 is 3.04 bits per heavy atom. The highest BCUT2D eigenvalue weighted by Crippen LogP contribution is 2.26. The van der Waals surface area contributed by atoms with Crippen molar-refractivity contribution in [3.05, 3.63) is 48.2 Å². The highest BCUT2D eigenvalue weighted by atomic mass is 35.5. The normalized spacial score (nSPS) is 11.4. The van der Waals surface area contributed by atoms with Gasteiger partial charge in [-0.15, -0.1) is 0 Å². The van der Waals surface area contributed by atoms with E-state index >= 15 is 0 Å². The van der Waals surface area contributed by atoms with Crippen molar-refractivity contribution in [1.82, 2.24) is 14.8 Å². The number of aromatic nitrogens is 3. The van der Waals surface area contributed by atoms with Crippen molar-refractivity contribution in [2.24, 2.45) is 10.7 Å². The average molecular weight is 347 g/mol. The van der Waals surface area contributed by atoms with Crippen molar-refractivity contribution in [2.75, 3.05) is 18.0 Å². The molecule has 0 aliphatic heterocycles. The maximum atomic E-state index is 12.4. The number of carbonyl (C=O) groups is 1. The minimum absolute atomic E-state index is 0.0704. The molecule has 0 spiro atoms. The van der Waals surface area contributed by atoms with Gasteiger partial charge in [0.25, 0.3) is 0 Å². The summed E-state index contributed by atoms with van der Waals surface area (Å²) in [5.74, 6) is -0.0704. The number of aliphatic imine (C=N–C) groups is 1. The van der Waals surface area contributed by atoms with Gasteiger partial charge in [-0.1, -0.05) is 11.6 Å². The van der Waals surface area contributed by atoms with E-state index in [1.165, 1.54) is 6.20 Å². The van der Waals surface area contributed by atoms with E-state index in [9.17, 15) is 4.79 Å². The van der Waals surface area contributed by atoms with Gasteiger partial charge in [0.1, 0.15) is 5.69 Å². The van der Waals surface area contributed by atoms with Gasteiger partial charge in [-0.05, 0) is 31.3 Å². The lowest BCUT2D eigenvalue weighted by molar-refractivity contribution is -0.118. The van der Waals surface area contributed by atoms with Crippen molar-refractivity contribution in [1.29, 1.82) is 0 Å². The van der Waals surface area contributed by atoms with Gasteiger partial charge in [0.05, 0.1) is 18.1 Å². The topological polar surface area (TPSA) is 89.4 Å². The summed E-state index contributed by atoms with van der Waals surface area (Å²) in [5.41, 5.74) is 6.55. The van der Waals surface area contributed by atoms with Gasteiger partial charge >= 0.3 is 0 Å². The smallest absolute Gasteiger partial charge is 0.228 e. The van der Waals surface area contributed by atoms with Crippen molar-refractivity contribution >= 4 is 29.4 Å². The molecule has 0 saturated heterocycles. The molecule has 2 aromatic rings. The highest BCUT2D eigenvalue weighted by Gasteiger charge is 2.19. The van der Waals surface area contributed by atoms with E-state index in [2.05, 4.69) is 15.1 Å². The molecule has 126 valence electrons. The minimum atomic E-state index is -0.0704. The lowest BCUT2D eigenvalue weighted by Crippen LogP contribution is -2.30. The predicted molar refractivity (Wildman–Crippen MR) is 95.7 cm³/mol. The number of carbonyl (C=O) groups excluding carboxylic acids is 1. The van der Waals surface area contributed by atoms with Gasteiger partial charge in [-0.2, -0.15) is 5.10 Å². The maximum absolute atomic E-state index is 12.4. The number of pyridine rings is 1. The van der Waals surface area contributed by atoms with Gasteiger partial charge in [0, 0.05) is 31.9 Å². The van der Waals surface area contributed by atoms with Crippen LogP contribution in [-0.2, 0) is 4.79 Å². The van der Waals surface area contributed by atoms with Gasteiger partial charge in [-0.3, -0.25) is 14.8 Å². The number of hydrogen-bond donors (Lipinski definition) is 1. The first-order valence-corrected chi connectivity index (χ1v) is 7.87. The third-order valence-corrected chi connectivity index (χ3v) is 3.50. The molecule has 0 bridgehead atoms. The Morgan fingerprint density at radius 2 is 2.38 bits per heavy atom. The summed E-state index contributed by atoms with van der Waals surface area (Å²) < 4.78 is 1.60. The van der Waals surface area contributed by atoms with Crippen LogP contribution >= 0.6 is 11.6 Å². The number of rotatable bonds is 7. The molecular formula is C16H19ClN6O. The van der Waals surface area contributed by atoms with Crippen LogP contribution < -0.4 is 10.6 Å². The second kappa shape index (κ2) is 8.83. The summed E-state index contributed by atoms with van der Waals surface area (Å²) in [5, 5.41) is 4.52. The fourth-order valence-corrected chi connectivity index (χ4v) is 2.34. The van der Waals surface area contributed by atoms with E-state index < -0.39 is 0 Å². The molecule has 0 fully saturated rings. The van der Waals surface area contributed by atoms with Crippen LogP contribution in [0.4, 0.5) is 5.69 Å². The molecule has 0 radical (unpaired) electrons. The van der Waals surface area contributed by atoms with Crippen LogP contribution in [-0.4, -0.2) is 40.0 Å². The largest absolute Gasteiger partial charge is 0.405 e. The van der Waals surface area contributed by atoms with Gasteiger partial charge < -0.3 is 10.6 Å². The standard InChI is InChI=1S/C16H19ClN6O/c1-2-22(15(24)6-10-19-9-4-7-18)14-12-23(21-16(14)17)13-5-3-8-20-11-13/h3-5,7-9,11-12H,2,6,10,18H2,1H3. The van der Waals surface area contributed by atoms with E-state index in [4.69, 9.17) is 17.3 Å². The van der Waals surface area contributed by atoms with Crippen molar-refractivity contribution in [3.63, 3.8) is 0 Å². The number of hydrogen-bond acceptors (Lipinski definition) is 5. The molecule has 0 atom stereocenters. The summed E-state index contributed by atoms with van der Waals surface area (Å²) >= 11 is 6.22. The molecule has 2 N–H and O–H groups in total. The third kappa shape index (κ3) is 4.42. The molecule has 2 aromatic heterocycles. The van der Waals surface area contributed by atoms with Crippen molar-refractivity contribution in [3.8, 4) is 5.69 Å². The molecular weight excluding hydrogens is 328 g/mol. The fourth-order valence-electron chi connectivity index (χ4n) is 2.11. The first kappa shape index (κ1) is 17.7. The molecule has 7 nitrogen and oxygen atoms in total. The monoisotopic (exact) mass is 346 g/mol. The summed E-state index contributed by atoms with van der Waals surface area (Å²) in [4.78, 5) is 22.1. The Kier molecular flexibility index (Phi) is 6.51. The molecule has 0 saturated carbocycles. The number of anilines is 1. The highest BCUT2D eigenvalue weighted by molar-refractivity contribution is 6.32. The van der Waals surface area contributed by atoms with Crippen LogP contribution in [0.3, 0.4) is 0 Å². The van der Waals surface area contributed by atoms with E-state index in [0.29, 0.717) is 18.8 Å². The van der Waals surface area contributed by atoms with E-state index in [0.717, 1.165) is 5.69 Å². The molecule has 2 rings (SSSR count). The molecule has 1 amide bonds. The molecule has 24 heavy (non-hydrogen) atoms. The lowest BCUT2D eigenvalue weighted by Gasteiger charge is -2.18. The zero-order valence-electron chi connectivity index (χ0n) is 13.3. The first-order valence-electron chi connectivity index (χ1n) is 7.50. The fraction of sp³-hybridized carbons (Fsp3) is 0.250. The second-order valence-corrected chi connectivity index (χ2v) is 5.15. The summed E-state index contributed by atoms with van der Waals surface area (Å²) in [6, 6.07) is 3.67.